The van der Waals surface area contributed by atoms with Gasteiger partial charge >= 0.3 is 7.12 Å². The smallest absolute Gasteiger partial charge is 0.400 e. The summed E-state index contributed by atoms with van der Waals surface area (Å²) in [5.41, 5.74) is 1.93. The molecule has 2 heterocycles. The molecule has 0 radical (unpaired) electrons. The number of rotatable bonds is 3. The minimum Gasteiger partial charge on any atom is -0.400 e. The summed E-state index contributed by atoms with van der Waals surface area (Å²) in [6.45, 7) is 10.1. The maximum atomic E-state index is 6.03. The molecule has 1 aliphatic heterocycles. The van der Waals surface area contributed by atoms with Gasteiger partial charge in [-0.25, -0.2) is 0 Å². The molecule has 0 atom stereocenters. The normalized spacial score (nSPS) is 21.3. The lowest BCUT2D eigenvalue weighted by molar-refractivity contribution is 0.00578. The first-order valence-corrected chi connectivity index (χ1v) is 7.36. The van der Waals surface area contributed by atoms with Gasteiger partial charge in [-0.1, -0.05) is 0 Å². The van der Waals surface area contributed by atoms with Crippen LogP contribution in [0, 0.1) is 6.92 Å². The zero-order valence-corrected chi connectivity index (χ0v) is 13.6. The van der Waals surface area contributed by atoms with E-state index in [1.54, 1.807) is 0 Å². The van der Waals surface area contributed by atoms with Gasteiger partial charge in [0, 0.05) is 5.75 Å². The maximum Gasteiger partial charge on any atom is 0.491 e. The van der Waals surface area contributed by atoms with Gasteiger partial charge in [0.15, 0.2) is 0 Å². The monoisotopic (exact) mass is 292 g/mol. The van der Waals surface area contributed by atoms with Crippen LogP contribution in [0.5, 0.6) is 0 Å². The summed E-state index contributed by atoms with van der Waals surface area (Å²) < 4.78 is 12.1. The van der Waals surface area contributed by atoms with E-state index in [0.29, 0.717) is 5.75 Å². The molecule has 6 heteroatoms. The molecule has 1 saturated heterocycles. The topological polar surface area (TPSA) is 44.2 Å². The fraction of sp³-hybridized carbons (Fsp3) is 0.571. The van der Waals surface area contributed by atoms with Crippen molar-refractivity contribution >= 4 is 25.8 Å². The van der Waals surface area contributed by atoms with Crippen molar-refractivity contribution in [1.29, 1.82) is 0 Å². The highest BCUT2D eigenvalue weighted by Crippen LogP contribution is 2.38. The highest BCUT2D eigenvalue weighted by atomic mass is 32.1. The third-order valence-electron chi connectivity index (χ3n) is 3.89. The van der Waals surface area contributed by atoms with Crippen LogP contribution in [0.3, 0.4) is 0 Å². The van der Waals surface area contributed by atoms with Crippen molar-refractivity contribution < 1.29 is 9.31 Å². The molecular formula is C14H21BN2O2S. The SMILES string of the molecule is Cc1ccc(C=C(CS)B2OC(C)(C)C(C)(C)O2)nn1. The van der Waals surface area contributed by atoms with E-state index in [0.717, 1.165) is 16.9 Å². The lowest BCUT2D eigenvalue weighted by Gasteiger charge is -2.32. The molecule has 0 unspecified atom stereocenters. The Morgan fingerprint density at radius 1 is 1.20 bits per heavy atom. The summed E-state index contributed by atoms with van der Waals surface area (Å²) in [5, 5.41) is 8.19. The van der Waals surface area contributed by atoms with E-state index in [4.69, 9.17) is 9.31 Å². The second-order valence-corrected chi connectivity index (χ2v) is 6.38. The Labute approximate surface area is 126 Å². The van der Waals surface area contributed by atoms with Crippen molar-refractivity contribution in [3.63, 3.8) is 0 Å². The van der Waals surface area contributed by atoms with Gasteiger partial charge in [-0.15, -0.1) is 0 Å². The zero-order chi connectivity index (χ0) is 15.0. The molecule has 20 heavy (non-hydrogen) atoms. The van der Waals surface area contributed by atoms with Crippen LogP contribution in [0.25, 0.3) is 6.08 Å². The fourth-order valence-electron chi connectivity index (χ4n) is 1.86. The van der Waals surface area contributed by atoms with Gasteiger partial charge < -0.3 is 9.31 Å². The van der Waals surface area contributed by atoms with Gasteiger partial charge in [0.1, 0.15) is 0 Å². The molecular weight excluding hydrogens is 271 g/mol. The Kier molecular flexibility index (Phi) is 4.28. The molecule has 0 spiro atoms. The second-order valence-electron chi connectivity index (χ2n) is 6.07. The van der Waals surface area contributed by atoms with Crippen molar-refractivity contribution in [1.82, 2.24) is 10.2 Å². The second kappa shape index (κ2) is 5.50. The Balaban J connectivity index is 2.24. The third kappa shape index (κ3) is 3.08. The molecule has 1 aromatic heterocycles. The van der Waals surface area contributed by atoms with Crippen LogP contribution in [0.2, 0.25) is 0 Å². The molecule has 108 valence electrons. The minimum absolute atomic E-state index is 0.349. The Morgan fingerprint density at radius 2 is 1.80 bits per heavy atom. The van der Waals surface area contributed by atoms with E-state index in [2.05, 4.69) is 22.8 Å². The highest BCUT2D eigenvalue weighted by molar-refractivity contribution is 7.80. The lowest BCUT2D eigenvalue weighted by atomic mass is 9.78. The zero-order valence-electron chi connectivity index (χ0n) is 12.7. The summed E-state index contributed by atoms with van der Waals surface area (Å²) in [4.78, 5) is 0. The molecule has 1 aromatic rings. The van der Waals surface area contributed by atoms with Crippen LogP contribution >= 0.6 is 12.6 Å². The molecule has 1 fully saturated rings. The molecule has 0 bridgehead atoms. The molecule has 0 aliphatic carbocycles. The fourth-order valence-corrected chi connectivity index (χ4v) is 2.10. The van der Waals surface area contributed by atoms with E-state index in [1.807, 2.05) is 52.8 Å². The van der Waals surface area contributed by atoms with Crippen LogP contribution < -0.4 is 0 Å². The van der Waals surface area contributed by atoms with Gasteiger partial charge in [-0.05, 0) is 58.3 Å². The van der Waals surface area contributed by atoms with E-state index in [9.17, 15) is 0 Å². The van der Waals surface area contributed by atoms with Crippen LogP contribution in [0.15, 0.2) is 17.6 Å². The summed E-state index contributed by atoms with van der Waals surface area (Å²) in [7, 11) is -0.388. The average Bonchev–Trinajstić information content (AvgIpc) is 2.57. The van der Waals surface area contributed by atoms with Gasteiger partial charge in [0.05, 0.1) is 22.6 Å². The predicted octanol–water partition coefficient (Wildman–Crippen LogP) is 2.73. The maximum absolute atomic E-state index is 6.03. The minimum atomic E-state index is -0.388. The summed E-state index contributed by atoms with van der Waals surface area (Å²) >= 11 is 4.38. The van der Waals surface area contributed by atoms with Crippen molar-refractivity contribution in [3.05, 3.63) is 29.0 Å². The number of thiol groups is 1. The van der Waals surface area contributed by atoms with Gasteiger partial charge in [-0.2, -0.15) is 22.8 Å². The van der Waals surface area contributed by atoms with Crippen LogP contribution in [-0.2, 0) is 9.31 Å². The quantitative estimate of drug-likeness (QED) is 0.687. The Bertz CT molecular complexity index is 498. The van der Waals surface area contributed by atoms with E-state index >= 15 is 0 Å². The molecule has 1 aliphatic rings. The van der Waals surface area contributed by atoms with Crippen molar-refractivity contribution in [2.45, 2.75) is 45.8 Å². The van der Waals surface area contributed by atoms with Crippen LogP contribution in [0.4, 0.5) is 0 Å². The predicted molar refractivity (Wildman–Crippen MR) is 84.7 cm³/mol. The molecule has 0 saturated carbocycles. The first-order chi connectivity index (χ1) is 9.25. The summed E-state index contributed by atoms with van der Waals surface area (Å²) in [5.74, 6) is 0.548. The first kappa shape index (κ1) is 15.5. The highest BCUT2D eigenvalue weighted by Gasteiger charge is 2.52. The lowest BCUT2D eigenvalue weighted by Crippen LogP contribution is -2.41. The summed E-state index contributed by atoms with van der Waals surface area (Å²) in [6.07, 6.45) is 1.93. The molecule has 4 nitrogen and oxygen atoms in total. The van der Waals surface area contributed by atoms with Crippen molar-refractivity contribution in [2.75, 3.05) is 5.75 Å². The third-order valence-corrected chi connectivity index (χ3v) is 4.26. The number of hydrogen-bond donors (Lipinski definition) is 1. The molecule has 0 aromatic carbocycles. The van der Waals surface area contributed by atoms with E-state index < -0.39 is 0 Å². The van der Waals surface area contributed by atoms with Gasteiger partial charge in [0.25, 0.3) is 0 Å². The van der Waals surface area contributed by atoms with Crippen molar-refractivity contribution in [2.24, 2.45) is 0 Å². The molecule has 0 amide bonds. The average molecular weight is 292 g/mol. The van der Waals surface area contributed by atoms with E-state index in [1.165, 1.54) is 0 Å². The van der Waals surface area contributed by atoms with Gasteiger partial charge in [0.2, 0.25) is 0 Å². The number of aryl methyl sites for hydroxylation is 1. The van der Waals surface area contributed by atoms with Gasteiger partial charge in [-0.3, -0.25) is 0 Å². The van der Waals surface area contributed by atoms with Crippen molar-refractivity contribution in [3.8, 4) is 0 Å². The standard InChI is InChI=1S/C14H21BN2O2S/c1-10-6-7-12(17-16-10)8-11(9-20)15-18-13(2,3)14(4,5)19-15/h6-8,20H,9H2,1-5H3. The van der Waals surface area contributed by atoms with E-state index in [-0.39, 0.29) is 18.3 Å². The number of nitrogens with zero attached hydrogens (tertiary/aromatic N) is 2. The van der Waals surface area contributed by atoms with Crippen LogP contribution in [-0.4, -0.2) is 34.3 Å². The van der Waals surface area contributed by atoms with Crippen LogP contribution in [0.1, 0.15) is 39.1 Å². The Morgan fingerprint density at radius 3 is 2.25 bits per heavy atom. The largest absolute Gasteiger partial charge is 0.491 e. The molecule has 2 rings (SSSR count). The number of hydrogen-bond acceptors (Lipinski definition) is 5. The first-order valence-electron chi connectivity index (χ1n) is 6.72. The summed E-state index contributed by atoms with van der Waals surface area (Å²) in [6, 6.07) is 3.86. The Hall–Kier alpha value is -0.845. The molecule has 0 N–H and O–H groups in total. The number of aromatic nitrogens is 2.